The maximum absolute atomic E-state index is 5.09. The Labute approximate surface area is 118 Å². The van der Waals surface area contributed by atoms with E-state index in [1.54, 1.807) is 11.8 Å². The Balaban J connectivity index is 1.91. The molecule has 0 aliphatic rings. The third-order valence-electron chi connectivity index (χ3n) is 2.66. The van der Waals surface area contributed by atoms with Gasteiger partial charge in [0.15, 0.2) is 5.82 Å². The van der Waals surface area contributed by atoms with Crippen molar-refractivity contribution in [3.8, 4) is 0 Å². The lowest BCUT2D eigenvalue weighted by molar-refractivity contribution is 0.378. The molecule has 0 spiro atoms. The van der Waals surface area contributed by atoms with Crippen LogP contribution in [-0.2, 0) is 18.7 Å². The zero-order valence-electron chi connectivity index (χ0n) is 11.3. The van der Waals surface area contributed by atoms with Gasteiger partial charge in [0.1, 0.15) is 0 Å². The largest absolute Gasteiger partial charge is 0.339 e. The van der Waals surface area contributed by atoms with Crippen LogP contribution >= 0.6 is 11.8 Å². The summed E-state index contributed by atoms with van der Waals surface area (Å²) in [5, 5.41) is 7.28. The molecule has 0 amide bonds. The molecule has 102 valence electrons. The Morgan fingerprint density at radius 2 is 2.21 bits per heavy atom. The normalized spacial score (nSPS) is 10.8. The Hall–Kier alpha value is -1.33. The van der Waals surface area contributed by atoms with E-state index in [4.69, 9.17) is 4.52 Å². The molecule has 0 unspecified atom stereocenters. The monoisotopic (exact) mass is 277 g/mol. The molecule has 0 bridgehead atoms. The number of nitrogens with one attached hydrogen (secondary N) is 1. The van der Waals surface area contributed by atoms with Gasteiger partial charge < -0.3 is 9.84 Å². The van der Waals surface area contributed by atoms with Crippen LogP contribution in [0, 0.1) is 0 Å². The summed E-state index contributed by atoms with van der Waals surface area (Å²) in [5.41, 5.74) is 1.30. The molecule has 0 saturated heterocycles. The van der Waals surface area contributed by atoms with Crippen LogP contribution in [0.4, 0.5) is 0 Å². The highest BCUT2D eigenvalue weighted by Crippen LogP contribution is 2.22. The maximum Gasteiger partial charge on any atom is 0.226 e. The van der Waals surface area contributed by atoms with Crippen LogP contribution in [0.5, 0.6) is 0 Å². The smallest absolute Gasteiger partial charge is 0.226 e. The average molecular weight is 277 g/mol. The van der Waals surface area contributed by atoms with E-state index in [0.29, 0.717) is 5.89 Å². The molecule has 1 N–H and O–H groups in total. The first-order valence-electron chi connectivity index (χ1n) is 6.55. The van der Waals surface area contributed by atoms with Gasteiger partial charge in [-0.3, -0.25) is 0 Å². The summed E-state index contributed by atoms with van der Waals surface area (Å²) in [4.78, 5) is 5.54. The van der Waals surface area contributed by atoms with Crippen LogP contribution < -0.4 is 5.32 Å². The van der Waals surface area contributed by atoms with Crippen molar-refractivity contribution in [2.75, 3.05) is 6.54 Å². The fourth-order valence-corrected chi connectivity index (χ4v) is 2.48. The Morgan fingerprint density at radius 3 is 2.95 bits per heavy atom. The Kier molecular flexibility index (Phi) is 5.42. The summed E-state index contributed by atoms with van der Waals surface area (Å²) in [6, 6.07) is 8.54. The summed E-state index contributed by atoms with van der Waals surface area (Å²) in [6.07, 6.45) is 0.788. The zero-order chi connectivity index (χ0) is 13.5. The minimum absolute atomic E-state index is 0.705. The molecule has 1 heterocycles. The number of hydrogen-bond donors (Lipinski definition) is 1. The molecule has 1 aromatic heterocycles. The van der Waals surface area contributed by atoms with E-state index < -0.39 is 0 Å². The van der Waals surface area contributed by atoms with Gasteiger partial charge in [0.05, 0.1) is 5.75 Å². The lowest BCUT2D eigenvalue weighted by atomic mass is 10.2. The molecule has 1 aromatic carbocycles. The van der Waals surface area contributed by atoms with Gasteiger partial charge in [0, 0.05) is 17.9 Å². The number of thioether (sulfide) groups is 1. The number of hydrogen-bond acceptors (Lipinski definition) is 5. The molecule has 2 aromatic rings. The number of aromatic nitrogens is 2. The highest BCUT2D eigenvalue weighted by molar-refractivity contribution is 7.98. The van der Waals surface area contributed by atoms with E-state index in [1.165, 1.54) is 10.5 Å². The van der Waals surface area contributed by atoms with Gasteiger partial charge in [-0.2, -0.15) is 4.98 Å². The Bertz CT molecular complexity index is 513. The highest BCUT2D eigenvalue weighted by atomic mass is 32.2. The second-order valence-corrected chi connectivity index (χ2v) is 5.22. The lowest BCUT2D eigenvalue weighted by Crippen LogP contribution is -2.11. The molecule has 4 nitrogen and oxygen atoms in total. The molecule has 0 aliphatic heterocycles. The molecular formula is C14H19N3OS. The van der Waals surface area contributed by atoms with Crippen molar-refractivity contribution in [2.45, 2.75) is 37.5 Å². The van der Waals surface area contributed by atoms with E-state index >= 15 is 0 Å². The van der Waals surface area contributed by atoms with Crippen molar-refractivity contribution in [1.29, 1.82) is 0 Å². The predicted octanol–water partition coefficient (Wildman–Crippen LogP) is 3.03. The minimum Gasteiger partial charge on any atom is -0.339 e. The molecule has 0 atom stereocenters. The average Bonchev–Trinajstić information content (AvgIpc) is 2.91. The van der Waals surface area contributed by atoms with E-state index in [2.05, 4.69) is 46.6 Å². The number of aryl methyl sites for hydroxylation is 1. The summed E-state index contributed by atoms with van der Waals surface area (Å²) in [5.74, 6) is 2.21. The van der Waals surface area contributed by atoms with Gasteiger partial charge in [-0.05, 0) is 24.2 Å². The van der Waals surface area contributed by atoms with Crippen molar-refractivity contribution >= 4 is 11.8 Å². The van der Waals surface area contributed by atoms with Crippen molar-refractivity contribution < 1.29 is 4.52 Å². The minimum atomic E-state index is 0.705. The molecule has 0 radical (unpaired) electrons. The molecule has 19 heavy (non-hydrogen) atoms. The van der Waals surface area contributed by atoms with Crippen molar-refractivity contribution in [3.63, 3.8) is 0 Å². The SMILES string of the molecule is CCNCc1cccc(SCc2noc(CC)n2)c1. The van der Waals surface area contributed by atoms with Crippen LogP contribution in [-0.4, -0.2) is 16.7 Å². The molecule has 0 saturated carbocycles. The molecule has 0 fully saturated rings. The van der Waals surface area contributed by atoms with Crippen LogP contribution in [0.15, 0.2) is 33.7 Å². The van der Waals surface area contributed by atoms with E-state index in [9.17, 15) is 0 Å². The summed E-state index contributed by atoms with van der Waals surface area (Å²) in [6.45, 7) is 6.02. The van der Waals surface area contributed by atoms with Gasteiger partial charge in [0.2, 0.25) is 5.89 Å². The van der Waals surface area contributed by atoms with Gasteiger partial charge in [-0.1, -0.05) is 31.1 Å². The second kappa shape index (κ2) is 7.31. The van der Waals surface area contributed by atoms with Crippen LogP contribution in [0.25, 0.3) is 0 Å². The third kappa shape index (κ3) is 4.36. The molecule has 0 aliphatic carbocycles. The molecular weight excluding hydrogens is 258 g/mol. The van der Waals surface area contributed by atoms with E-state index in [-0.39, 0.29) is 0 Å². The number of benzene rings is 1. The zero-order valence-corrected chi connectivity index (χ0v) is 12.2. The van der Waals surface area contributed by atoms with Gasteiger partial charge in [0.25, 0.3) is 0 Å². The molecule has 5 heteroatoms. The summed E-state index contributed by atoms with van der Waals surface area (Å²) < 4.78 is 5.09. The first-order chi connectivity index (χ1) is 9.31. The topological polar surface area (TPSA) is 51.0 Å². The van der Waals surface area contributed by atoms with Crippen LogP contribution in [0.2, 0.25) is 0 Å². The maximum atomic E-state index is 5.09. The van der Waals surface area contributed by atoms with Crippen molar-refractivity contribution in [3.05, 3.63) is 41.5 Å². The fourth-order valence-electron chi connectivity index (χ4n) is 1.65. The quantitative estimate of drug-likeness (QED) is 0.788. The van der Waals surface area contributed by atoms with Crippen LogP contribution in [0.1, 0.15) is 31.1 Å². The van der Waals surface area contributed by atoms with Gasteiger partial charge in [-0.15, -0.1) is 11.8 Å². The lowest BCUT2D eigenvalue weighted by Gasteiger charge is -2.04. The van der Waals surface area contributed by atoms with Crippen molar-refractivity contribution in [2.24, 2.45) is 0 Å². The molecule has 2 rings (SSSR count). The standard InChI is InChI=1S/C14H19N3OS/c1-3-14-16-13(17-18-14)10-19-12-7-5-6-11(8-12)9-15-4-2/h5-8,15H,3-4,9-10H2,1-2H3. The predicted molar refractivity (Wildman–Crippen MR) is 77.1 cm³/mol. The number of rotatable bonds is 7. The van der Waals surface area contributed by atoms with E-state index in [0.717, 1.165) is 31.1 Å². The van der Waals surface area contributed by atoms with Crippen LogP contribution in [0.3, 0.4) is 0 Å². The second-order valence-electron chi connectivity index (χ2n) is 4.17. The van der Waals surface area contributed by atoms with Gasteiger partial charge in [-0.25, -0.2) is 0 Å². The summed E-state index contributed by atoms with van der Waals surface area (Å²) in [7, 11) is 0. The summed E-state index contributed by atoms with van der Waals surface area (Å²) >= 11 is 1.73. The van der Waals surface area contributed by atoms with Gasteiger partial charge >= 0.3 is 0 Å². The first-order valence-corrected chi connectivity index (χ1v) is 7.54. The first kappa shape index (κ1) is 14.1. The third-order valence-corrected chi connectivity index (χ3v) is 3.65. The fraction of sp³-hybridized carbons (Fsp3) is 0.429. The van der Waals surface area contributed by atoms with Crippen molar-refractivity contribution in [1.82, 2.24) is 15.5 Å². The Morgan fingerprint density at radius 1 is 1.32 bits per heavy atom. The van der Waals surface area contributed by atoms with E-state index in [1.807, 2.05) is 6.92 Å². The highest BCUT2D eigenvalue weighted by Gasteiger charge is 2.05. The number of nitrogens with zero attached hydrogens (tertiary/aromatic N) is 2.